The Bertz CT molecular complexity index is 1250. The SMILES string of the molecule is Cc1ccccc1-c1cc(S(=O)(=O)O)c(-c2ccccc2C)cc1N1CCNC1=O. The maximum Gasteiger partial charge on any atom is 0.322 e. The fourth-order valence-electron chi connectivity index (χ4n) is 3.88. The van der Waals surface area contributed by atoms with Gasteiger partial charge in [-0.1, -0.05) is 48.5 Å². The summed E-state index contributed by atoms with van der Waals surface area (Å²) in [6.45, 7) is 4.77. The second kappa shape index (κ2) is 7.59. The number of urea groups is 1. The van der Waals surface area contributed by atoms with Gasteiger partial charge in [0.2, 0.25) is 0 Å². The van der Waals surface area contributed by atoms with Crippen molar-refractivity contribution in [2.45, 2.75) is 18.7 Å². The van der Waals surface area contributed by atoms with E-state index in [0.29, 0.717) is 35.5 Å². The Labute approximate surface area is 175 Å². The molecule has 2 N–H and O–H groups in total. The van der Waals surface area contributed by atoms with Crippen LogP contribution in [0.5, 0.6) is 0 Å². The Hall–Kier alpha value is -3.16. The minimum atomic E-state index is -4.51. The van der Waals surface area contributed by atoms with Crippen LogP contribution < -0.4 is 10.2 Å². The maximum atomic E-state index is 12.5. The first-order chi connectivity index (χ1) is 14.3. The zero-order valence-electron chi connectivity index (χ0n) is 16.7. The van der Waals surface area contributed by atoms with Gasteiger partial charge in [-0.05, 0) is 48.2 Å². The van der Waals surface area contributed by atoms with Crippen LogP contribution in [-0.4, -0.2) is 32.1 Å². The molecule has 1 heterocycles. The number of rotatable bonds is 4. The number of hydrogen-bond acceptors (Lipinski definition) is 3. The van der Waals surface area contributed by atoms with E-state index in [-0.39, 0.29) is 10.9 Å². The summed E-state index contributed by atoms with van der Waals surface area (Å²) in [5, 5.41) is 2.80. The standard InChI is InChI=1S/C23H22N2O4S/c1-15-7-3-5-9-17(15)19-14-22(30(27,28)29)20(18-10-6-4-8-16(18)2)13-21(19)25-12-11-24-23(25)26/h3-10,13-14H,11-12H2,1-2H3,(H,24,26)(H,27,28,29). The van der Waals surface area contributed by atoms with Gasteiger partial charge in [0, 0.05) is 24.2 Å². The molecule has 3 aromatic rings. The van der Waals surface area contributed by atoms with Gasteiger partial charge in [-0.25, -0.2) is 4.79 Å². The minimum absolute atomic E-state index is 0.182. The van der Waals surface area contributed by atoms with Crippen LogP contribution in [0.4, 0.5) is 10.5 Å². The lowest BCUT2D eigenvalue weighted by Gasteiger charge is -2.23. The van der Waals surface area contributed by atoms with Gasteiger partial charge in [0.25, 0.3) is 10.1 Å². The quantitative estimate of drug-likeness (QED) is 0.610. The highest BCUT2D eigenvalue weighted by atomic mass is 32.2. The number of anilines is 1. The van der Waals surface area contributed by atoms with Crippen molar-refractivity contribution in [2.75, 3.05) is 18.0 Å². The van der Waals surface area contributed by atoms with Crippen molar-refractivity contribution in [3.05, 3.63) is 71.8 Å². The van der Waals surface area contributed by atoms with Crippen LogP contribution in [0.2, 0.25) is 0 Å². The van der Waals surface area contributed by atoms with Crippen molar-refractivity contribution in [1.29, 1.82) is 0 Å². The summed E-state index contributed by atoms with van der Waals surface area (Å²) in [7, 11) is -4.51. The molecule has 1 aliphatic rings. The molecule has 30 heavy (non-hydrogen) atoms. The van der Waals surface area contributed by atoms with E-state index in [1.54, 1.807) is 17.0 Å². The van der Waals surface area contributed by atoms with Crippen LogP contribution >= 0.6 is 0 Å². The molecule has 0 saturated carbocycles. The summed E-state index contributed by atoms with van der Waals surface area (Å²) in [5.74, 6) is 0. The molecule has 1 aliphatic heterocycles. The van der Waals surface area contributed by atoms with Crippen LogP contribution in [0, 0.1) is 13.8 Å². The lowest BCUT2D eigenvalue weighted by Crippen LogP contribution is -2.28. The molecular formula is C23H22N2O4S. The normalized spacial score (nSPS) is 14.1. The van der Waals surface area contributed by atoms with E-state index in [1.165, 1.54) is 6.07 Å². The Balaban J connectivity index is 2.09. The van der Waals surface area contributed by atoms with Gasteiger partial charge in [-0.3, -0.25) is 9.45 Å². The third-order valence-corrected chi connectivity index (χ3v) is 6.29. The number of hydrogen-bond donors (Lipinski definition) is 2. The van der Waals surface area contributed by atoms with E-state index in [2.05, 4.69) is 5.32 Å². The molecule has 0 unspecified atom stereocenters. The third-order valence-electron chi connectivity index (χ3n) is 5.39. The Morgan fingerprint density at radius 1 is 0.867 bits per heavy atom. The number of nitrogens with zero attached hydrogens (tertiary/aromatic N) is 1. The van der Waals surface area contributed by atoms with Gasteiger partial charge < -0.3 is 5.32 Å². The van der Waals surface area contributed by atoms with Crippen molar-refractivity contribution in [1.82, 2.24) is 5.32 Å². The largest absolute Gasteiger partial charge is 0.336 e. The summed E-state index contributed by atoms with van der Waals surface area (Å²) >= 11 is 0. The molecular weight excluding hydrogens is 400 g/mol. The van der Waals surface area contributed by atoms with E-state index in [9.17, 15) is 17.8 Å². The highest BCUT2D eigenvalue weighted by Gasteiger charge is 2.28. The zero-order valence-corrected chi connectivity index (χ0v) is 17.5. The van der Waals surface area contributed by atoms with Crippen molar-refractivity contribution in [3.8, 4) is 22.3 Å². The third kappa shape index (κ3) is 3.58. The van der Waals surface area contributed by atoms with Crippen LogP contribution in [0.15, 0.2) is 65.6 Å². The number of nitrogens with one attached hydrogen (secondary N) is 1. The van der Waals surface area contributed by atoms with Gasteiger partial charge in [-0.2, -0.15) is 8.42 Å². The molecule has 1 fully saturated rings. The van der Waals surface area contributed by atoms with Crippen molar-refractivity contribution in [3.63, 3.8) is 0 Å². The first kappa shape index (κ1) is 20.1. The first-order valence-electron chi connectivity index (χ1n) is 9.60. The molecule has 154 valence electrons. The lowest BCUT2D eigenvalue weighted by atomic mass is 9.93. The molecule has 0 spiro atoms. The van der Waals surface area contributed by atoms with E-state index >= 15 is 0 Å². The maximum absolute atomic E-state index is 12.5. The van der Waals surface area contributed by atoms with Crippen LogP contribution in [0.25, 0.3) is 22.3 Å². The zero-order chi connectivity index (χ0) is 21.5. The fraction of sp³-hybridized carbons (Fsp3) is 0.174. The molecule has 0 aliphatic carbocycles. The van der Waals surface area contributed by atoms with Gasteiger partial charge >= 0.3 is 6.03 Å². The monoisotopic (exact) mass is 422 g/mol. The fourth-order valence-corrected chi connectivity index (χ4v) is 4.60. The van der Waals surface area contributed by atoms with Crippen molar-refractivity contribution >= 4 is 21.8 Å². The molecule has 0 aromatic heterocycles. The van der Waals surface area contributed by atoms with E-state index in [1.807, 2.05) is 56.3 Å². The molecule has 2 amide bonds. The minimum Gasteiger partial charge on any atom is -0.336 e. The van der Waals surface area contributed by atoms with E-state index in [4.69, 9.17) is 0 Å². The summed E-state index contributed by atoms with van der Waals surface area (Å²) in [6.07, 6.45) is 0. The van der Waals surface area contributed by atoms with Gasteiger partial charge in [-0.15, -0.1) is 0 Å². The number of benzene rings is 3. The molecule has 7 heteroatoms. The average molecular weight is 423 g/mol. The number of amides is 2. The molecule has 6 nitrogen and oxygen atoms in total. The van der Waals surface area contributed by atoms with Gasteiger partial charge in [0.05, 0.1) is 5.69 Å². The predicted molar refractivity (Wildman–Crippen MR) is 117 cm³/mol. The van der Waals surface area contributed by atoms with Gasteiger partial charge in [0.1, 0.15) is 4.90 Å². The van der Waals surface area contributed by atoms with Gasteiger partial charge in [0.15, 0.2) is 0 Å². The molecule has 3 aromatic carbocycles. The molecule has 0 atom stereocenters. The first-order valence-corrected chi connectivity index (χ1v) is 11.0. The number of aryl methyl sites for hydroxylation is 2. The average Bonchev–Trinajstić information content (AvgIpc) is 3.13. The highest BCUT2D eigenvalue weighted by molar-refractivity contribution is 7.86. The summed E-state index contributed by atoms with van der Waals surface area (Å²) in [6, 6.07) is 17.8. The molecule has 1 saturated heterocycles. The summed E-state index contributed by atoms with van der Waals surface area (Å²) in [4.78, 5) is 13.9. The number of carbonyl (C=O) groups is 1. The summed E-state index contributed by atoms with van der Waals surface area (Å²) in [5.41, 5.74) is 4.82. The molecule has 0 bridgehead atoms. The van der Waals surface area contributed by atoms with E-state index in [0.717, 1.165) is 16.7 Å². The topological polar surface area (TPSA) is 86.7 Å². The Morgan fingerprint density at radius 2 is 1.43 bits per heavy atom. The Kier molecular flexibility index (Phi) is 5.09. The predicted octanol–water partition coefficient (Wildman–Crippen LogP) is 4.41. The smallest absolute Gasteiger partial charge is 0.322 e. The second-order valence-electron chi connectivity index (χ2n) is 7.35. The second-order valence-corrected chi connectivity index (χ2v) is 8.74. The highest BCUT2D eigenvalue weighted by Crippen LogP contribution is 2.41. The van der Waals surface area contributed by atoms with Crippen LogP contribution in [0.3, 0.4) is 0 Å². The van der Waals surface area contributed by atoms with Crippen molar-refractivity contribution in [2.24, 2.45) is 0 Å². The van der Waals surface area contributed by atoms with Crippen LogP contribution in [0.1, 0.15) is 11.1 Å². The Morgan fingerprint density at radius 3 is 1.93 bits per heavy atom. The number of carbonyl (C=O) groups excluding carboxylic acids is 1. The van der Waals surface area contributed by atoms with Crippen molar-refractivity contribution < 1.29 is 17.8 Å². The summed E-state index contributed by atoms with van der Waals surface area (Å²) < 4.78 is 34.8. The van der Waals surface area contributed by atoms with E-state index < -0.39 is 10.1 Å². The lowest BCUT2D eigenvalue weighted by molar-refractivity contribution is 0.252. The molecule has 0 radical (unpaired) electrons. The van der Waals surface area contributed by atoms with Crippen LogP contribution in [-0.2, 0) is 10.1 Å². The molecule has 4 rings (SSSR count).